The van der Waals surface area contributed by atoms with Gasteiger partial charge in [0.15, 0.2) is 0 Å². The van der Waals surface area contributed by atoms with Crippen LogP contribution in [-0.4, -0.2) is 13.2 Å². The SMILES string of the molecule is CC.CC.CC.CCOCC(C)C. The number of ether oxygens (including phenoxy) is 1. The molecule has 0 heterocycles. The van der Waals surface area contributed by atoms with E-state index in [-0.39, 0.29) is 0 Å². The van der Waals surface area contributed by atoms with Crippen LogP contribution >= 0.6 is 0 Å². The summed E-state index contributed by atoms with van der Waals surface area (Å²) in [5, 5.41) is 0. The first-order valence-corrected chi connectivity index (χ1v) is 5.85. The van der Waals surface area contributed by atoms with Crippen molar-refractivity contribution in [1.82, 2.24) is 0 Å². The van der Waals surface area contributed by atoms with Gasteiger partial charge in [-0.1, -0.05) is 55.4 Å². The molecule has 1 heteroatoms. The van der Waals surface area contributed by atoms with E-state index in [1.807, 2.05) is 48.5 Å². The molecule has 0 aromatic carbocycles. The van der Waals surface area contributed by atoms with Gasteiger partial charge in [-0.2, -0.15) is 0 Å². The first-order valence-electron chi connectivity index (χ1n) is 5.85. The molecule has 0 unspecified atom stereocenters. The van der Waals surface area contributed by atoms with Crippen molar-refractivity contribution in [2.75, 3.05) is 13.2 Å². The molecule has 0 atom stereocenters. The Bertz CT molecular complexity index is 34.1. The van der Waals surface area contributed by atoms with Crippen LogP contribution < -0.4 is 0 Å². The summed E-state index contributed by atoms with van der Waals surface area (Å²) in [5.41, 5.74) is 0. The van der Waals surface area contributed by atoms with Gasteiger partial charge in [-0.25, -0.2) is 0 Å². The van der Waals surface area contributed by atoms with Crippen LogP contribution in [0.1, 0.15) is 62.3 Å². The maximum atomic E-state index is 5.09. The lowest BCUT2D eigenvalue weighted by molar-refractivity contribution is 0.122. The second-order valence-corrected chi connectivity index (χ2v) is 2.05. The van der Waals surface area contributed by atoms with Crippen LogP contribution in [0.3, 0.4) is 0 Å². The molecule has 0 rings (SSSR count). The standard InChI is InChI=1S/C6H14O.3C2H6/c1-4-7-5-6(2)3;3*1-2/h6H,4-5H2,1-3H3;3*1-2H3. The number of hydrogen-bond donors (Lipinski definition) is 0. The molecule has 0 radical (unpaired) electrons. The first-order chi connectivity index (χ1) is 6.27. The minimum absolute atomic E-state index is 0.681. The Morgan fingerprint density at radius 2 is 1.15 bits per heavy atom. The maximum absolute atomic E-state index is 5.09. The average molecular weight is 192 g/mol. The quantitative estimate of drug-likeness (QED) is 0.626. The van der Waals surface area contributed by atoms with Crippen molar-refractivity contribution in [1.29, 1.82) is 0 Å². The number of hydrogen-bond acceptors (Lipinski definition) is 1. The summed E-state index contributed by atoms with van der Waals surface area (Å²) in [5.74, 6) is 0.681. The van der Waals surface area contributed by atoms with Gasteiger partial charge in [0, 0.05) is 13.2 Å². The zero-order chi connectivity index (χ0) is 11.7. The molecule has 0 aromatic heterocycles. The zero-order valence-electron chi connectivity index (χ0n) is 11.4. The highest BCUT2D eigenvalue weighted by molar-refractivity contribution is 4.36. The predicted octanol–water partition coefficient (Wildman–Crippen LogP) is 4.76. The van der Waals surface area contributed by atoms with Gasteiger partial charge in [-0.15, -0.1) is 0 Å². The van der Waals surface area contributed by atoms with E-state index in [4.69, 9.17) is 4.74 Å². The van der Waals surface area contributed by atoms with Crippen LogP contribution in [0.4, 0.5) is 0 Å². The molecule has 13 heavy (non-hydrogen) atoms. The minimum Gasteiger partial charge on any atom is -0.381 e. The largest absolute Gasteiger partial charge is 0.381 e. The van der Waals surface area contributed by atoms with Crippen molar-refractivity contribution < 1.29 is 4.74 Å². The van der Waals surface area contributed by atoms with Gasteiger partial charge in [0.25, 0.3) is 0 Å². The Hall–Kier alpha value is -0.0400. The highest BCUT2D eigenvalue weighted by atomic mass is 16.5. The second kappa shape index (κ2) is 40.4. The van der Waals surface area contributed by atoms with Crippen molar-refractivity contribution in [3.8, 4) is 0 Å². The smallest absolute Gasteiger partial charge is 0.0488 e. The summed E-state index contributed by atoms with van der Waals surface area (Å²) in [4.78, 5) is 0. The third-order valence-corrected chi connectivity index (χ3v) is 0.655. The Balaban J connectivity index is -0.0000000573. The molecule has 0 aliphatic heterocycles. The molecule has 0 bridgehead atoms. The molecule has 86 valence electrons. The molecule has 0 aliphatic carbocycles. The summed E-state index contributed by atoms with van der Waals surface area (Å²) in [6.45, 7) is 20.1. The monoisotopic (exact) mass is 192 g/mol. The third-order valence-electron chi connectivity index (χ3n) is 0.655. The first kappa shape index (κ1) is 23.1. The molecule has 1 nitrogen and oxygen atoms in total. The van der Waals surface area contributed by atoms with Crippen molar-refractivity contribution in [2.24, 2.45) is 5.92 Å². The fourth-order valence-electron chi connectivity index (χ4n) is 0.354. The van der Waals surface area contributed by atoms with Gasteiger partial charge in [0.1, 0.15) is 0 Å². The maximum Gasteiger partial charge on any atom is 0.0488 e. The van der Waals surface area contributed by atoms with E-state index in [2.05, 4.69) is 13.8 Å². The lowest BCUT2D eigenvalue weighted by Gasteiger charge is -2.01. The summed E-state index contributed by atoms with van der Waals surface area (Å²) in [6, 6.07) is 0. The van der Waals surface area contributed by atoms with Crippen molar-refractivity contribution in [3.05, 3.63) is 0 Å². The molecule has 0 N–H and O–H groups in total. The Morgan fingerprint density at radius 3 is 1.23 bits per heavy atom. The molecule has 0 aliphatic rings. The highest BCUT2D eigenvalue weighted by Gasteiger charge is 1.88. The fourth-order valence-corrected chi connectivity index (χ4v) is 0.354. The topological polar surface area (TPSA) is 9.23 Å². The van der Waals surface area contributed by atoms with Gasteiger partial charge in [-0.05, 0) is 12.8 Å². The molecular weight excluding hydrogens is 160 g/mol. The Labute approximate surface area is 86.9 Å². The van der Waals surface area contributed by atoms with E-state index in [1.165, 1.54) is 0 Å². The van der Waals surface area contributed by atoms with E-state index < -0.39 is 0 Å². The molecule has 0 saturated heterocycles. The molecule has 0 fully saturated rings. The molecule has 0 spiro atoms. The minimum atomic E-state index is 0.681. The van der Waals surface area contributed by atoms with Crippen LogP contribution in [0.15, 0.2) is 0 Å². The summed E-state index contributed by atoms with van der Waals surface area (Å²) >= 11 is 0. The second-order valence-electron chi connectivity index (χ2n) is 2.05. The summed E-state index contributed by atoms with van der Waals surface area (Å²) in [7, 11) is 0. The molecular formula is C12H32O. The summed E-state index contributed by atoms with van der Waals surface area (Å²) in [6.07, 6.45) is 0. The zero-order valence-corrected chi connectivity index (χ0v) is 11.4. The van der Waals surface area contributed by atoms with E-state index in [1.54, 1.807) is 0 Å². The highest BCUT2D eigenvalue weighted by Crippen LogP contribution is 1.90. The van der Waals surface area contributed by atoms with Gasteiger partial charge < -0.3 is 4.74 Å². The van der Waals surface area contributed by atoms with Crippen molar-refractivity contribution in [2.45, 2.75) is 62.3 Å². The molecule has 0 amide bonds. The van der Waals surface area contributed by atoms with Crippen LogP contribution in [0.2, 0.25) is 0 Å². The van der Waals surface area contributed by atoms with Crippen molar-refractivity contribution >= 4 is 0 Å². The van der Waals surface area contributed by atoms with E-state index in [0.717, 1.165) is 13.2 Å². The van der Waals surface area contributed by atoms with Crippen LogP contribution in [0, 0.1) is 5.92 Å². The normalized spacial score (nSPS) is 6.92. The predicted molar refractivity (Wildman–Crippen MR) is 65.4 cm³/mol. The Morgan fingerprint density at radius 1 is 0.846 bits per heavy atom. The van der Waals surface area contributed by atoms with Gasteiger partial charge in [-0.3, -0.25) is 0 Å². The fraction of sp³-hybridized carbons (Fsp3) is 1.00. The van der Waals surface area contributed by atoms with Crippen LogP contribution in [0.25, 0.3) is 0 Å². The lowest BCUT2D eigenvalue weighted by Crippen LogP contribution is -2.00. The summed E-state index contributed by atoms with van der Waals surface area (Å²) < 4.78 is 5.09. The van der Waals surface area contributed by atoms with E-state index in [9.17, 15) is 0 Å². The Kier molecular flexibility index (Phi) is 71.8. The average Bonchev–Trinajstić information content (AvgIpc) is 2.24. The molecule has 0 aromatic rings. The van der Waals surface area contributed by atoms with E-state index >= 15 is 0 Å². The lowest BCUT2D eigenvalue weighted by atomic mass is 10.2. The van der Waals surface area contributed by atoms with Gasteiger partial charge in [0.05, 0.1) is 0 Å². The van der Waals surface area contributed by atoms with E-state index in [0.29, 0.717) is 5.92 Å². The van der Waals surface area contributed by atoms with Gasteiger partial charge >= 0.3 is 0 Å². The molecule has 0 saturated carbocycles. The van der Waals surface area contributed by atoms with Crippen molar-refractivity contribution in [3.63, 3.8) is 0 Å². The third kappa shape index (κ3) is 75.7. The van der Waals surface area contributed by atoms with Crippen LogP contribution in [-0.2, 0) is 4.74 Å². The van der Waals surface area contributed by atoms with Crippen LogP contribution in [0.5, 0.6) is 0 Å². The number of rotatable bonds is 3. The van der Waals surface area contributed by atoms with Gasteiger partial charge in [0.2, 0.25) is 0 Å².